The molecule has 1 fully saturated rings. The minimum Gasteiger partial charge on any atom is -0.317 e. The van der Waals surface area contributed by atoms with E-state index in [2.05, 4.69) is 10.3 Å². The van der Waals surface area contributed by atoms with Crippen LogP contribution in [0.15, 0.2) is 33.9 Å². The van der Waals surface area contributed by atoms with Crippen LogP contribution in [0, 0.1) is 20.2 Å². The van der Waals surface area contributed by atoms with Gasteiger partial charge >= 0.3 is 16.9 Å². The van der Waals surface area contributed by atoms with E-state index in [1.807, 2.05) is 0 Å². The normalized spacial score (nSPS) is 13.6. The number of benzene rings is 1. The van der Waals surface area contributed by atoms with Crippen molar-refractivity contribution in [2.75, 3.05) is 13.1 Å². The van der Waals surface area contributed by atoms with Gasteiger partial charge in [-0.15, -0.1) is 0 Å². The van der Waals surface area contributed by atoms with Gasteiger partial charge in [0.05, 0.1) is 9.85 Å². The highest BCUT2D eigenvalue weighted by Gasteiger charge is 2.18. The second kappa shape index (κ2) is 9.92. The van der Waals surface area contributed by atoms with Crippen LogP contribution in [-0.4, -0.2) is 32.9 Å². The van der Waals surface area contributed by atoms with Crippen LogP contribution in [0.2, 0.25) is 0 Å². The number of rotatable bonds is 4. The third-order valence-corrected chi connectivity index (χ3v) is 3.88. The highest BCUT2D eigenvalue weighted by Crippen LogP contribution is 2.15. The SMILES string of the molecule is C1CCNCC1.O=c1[nH]c(/C=C/c2ccc([N+](=O)[O-])cc2)c([N+](=O)[O-])c(=O)[nH]1. The molecule has 0 radical (unpaired) electrons. The largest absolute Gasteiger partial charge is 0.357 e. The molecule has 148 valence electrons. The lowest BCUT2D eigenvalue weighted by Crippen LogP contribution is -2.25. The van der Waals surface area contributed by atoms with E-state index in [1.165, 1.54) is 68.8 Å². The molecule has 3 N–H and O–H groups in total. The van der Waals surface area contributed by atoms with Crippen LogP contribution in [0.4, 0.5) is 11.4 Å². The molecule has 11 nitrogen and oxygen atoms in total. The van der Waals surface area contributed by atoms with Crippen LogP contribution in [-0.2, 0) is 0 Å². The van der Waals surface area contributed by atoms with Crippen LogP contribution in [0.5, 0.6) is 0 Å². The fourth-order valence-electron chi connectivity index (χ4n) is 2.49. The fourth-order valence-corrected chi connectivity index (χ4v) is 2.49. The summed E-state index contributed by atoms with van der Waals surface area (Å²) in [6.07, 6.45) is 6.77. The van der Waals surface area contributed by atoms with Crippen LogP contribution < -0.4 is 16.6 Å². The minimum absolute atomic E-state index is 0.104. The molecule has 0 aliphatic carbocycles. The first-order valence-corrected chi connectivity index (χ1v) is 8.52. The molecule has 0 spiro atoms. The van der Waals surface area contributed by atoms with Crippen LogP contribution >= 0.6 is 0 Å². The Bertz CT molecular complexity index is 961. The molecule has 11 heteroatoms. The number of nitro groups is 2. The maximum absolute atomic E-state index is 11.4. The van der Waals surface area contributed by atoms with E-state index in [4.69, 9.17) is 0 Å². The van der Waals surface area contributed by atoms with Crippen molar-refractivity contribution in [1.82, 2.24) is 15.3 Å². The Kier molecular flexibility index (Phi) is 7.34. The van der Waals surface area contributed by atoms with Crippen molar-refractivity contribution in [3.05, 3.63) is 76.6 Å². The van der Waals surface area contributed by atoms with E-state index in [0.717, 1.165) is 0 Å². The number of hydrogen-bond acceptors (Lipinski definition) is 7. The zero-order valence-electron chi connectivity index (χ0n) is 14.8. The summed E-state index contributed by atoms with van der Waals surface area (Å²) in [6.45, 7) is 2.50. The van der Waals surface area contributed by atoms with E-state index in [1.54, 1.807) is 4.98 Å². The number of nitrogens with one attached hydrogen (secondary N) is 3. The number of non-ortho nitro benzene ring substituents is 1. The van der Waals surface area contributed by atoms with Gasteiger partial charge in [-0.2, -0.15) is 0 Å². The smallest absolute Gasteiger partial charge is 0.317 e. The molecule has 0 saturated carbocycles. The lowest BCUT2D eigenvalue weighted by Gasteiger charge is -2.08. The highest BCUT2D eigenvalue weighted by atomic mass is 16.6. The van der Waals surface area contributed by atoms with Crippen molar-refractivity contribution in [3.63, 3.8) is 0 Å². The number of aromatic amines is 2. The Hall–Kier alpha value is -3.60. The third-order valence-electron chi connectivity index (χ3n) is 3.88. The molecule has 0 amide bonds. The number of nitrogens with zero attached hydrogens (tertiary/aromatic N) is 2. The summed E-state index contributed by atoms with van der Waals surface area (Å²) < 4.78 is 0. The lowest BCUT2D eigenvalue weighted by atomic mass is 10.2. The predicted octanol–water partition coefficient (Wildman–Crippen LogP) is 1.81. The van der Waals surface area contributed by atoms with Crippen molar-refractivity contribution in [2.24, 2.45) is 0 Å². The molecule has 0 bridgehead atoms. The van der Waals surface area contributed by atoms with E-state index >= 15 is 0 Å². The minimum atomic E-state index is -1.11. The van der Waals surface area contributed by atoms with E-state index in [0.29, 0.717) is 5.56 Å². The Morgan fingerprint density at radius 3 is 1.96 bits per heavy atom. The topological polar surface area (TPSA) is 164 Å². The monoisotopic (exact) mass is 389 g/mol. The zero-order valence-corrected chi connectivity index (χ0v) is 14.8. The first-order valence-electron chi connectivity index (χ1n) is 8.52. The Morgan fingerprint density at radius 1 is 0.857 bits per heavy atom. The summed E-state index contributed by atoms with van der Waals surface area (Å²) in [4.78, 5) is 46.4. The van der Waals surface area contributed by atoms with Crippen molar-refractivity contribution in [3.8, 4) is 0 Å². The van der Waals surface area contributed by atoms with Gasteiger partial charge in [0, 0.05) is 12.1 Å². The average Bonchev–Trinajstić information content (AvgIpc) is 2.67. The molecule has 0 unspecified atom stereocenters. The number of hydrogen-bond donors (Lipinski definition) is 3. The van der Waals surface area contributed by atoms with Crippen LogP contribution in [0.1, 0.15) is 30.5 Å². The molecule has 1 saturated heterocycles. The van der Waals surface area contributed by atoms with E-state index in [-0.39, 0.29) is 11.4 Å². The molecular formula is C17H19N5O6. The number of piperidine rings is 1. The molecule has 1 aliphatic heterocycles. The average molecular weight is 389 g/mol. The van der Waals surface area contributed by atoms with Crippen molar-refractivity contribution in [1.29, 1.82) is 0 Å². The zero-order chi connectivity index (χ0) is 20.5. The predicted molar refractivity (Wildman–Crippen MR) is 103 cm³/mol. The van der Waals surface area contributed by atoms with Gasteiger partial charge < -0.3 is 10.3 Å². The molecular weight excluding hydrogens is 370 g/mol. The maximum atomic E-state index is 11.4. The second-order valence-electron chi connectivity index (χ2n) is 5.92. The molecule has 2 aromatic rings. The number of nitro benzene ring substituents is 1. The second-order valence-corrected chi connectivity index (χ2v) is 5.92. The molecule has 3 rings (SSSR count). The van der Waals surface area contributed by atoms with Gasteiger partial charge in [-0.05, 0) is 49.7 Å². The van der Waals surface area contributed by atoms with Gasteiger partial charge in [0.25, 0.3) is 5.69 Å². The van der Waals surface area contributed by atoms with Crippen molar-refractivity contribution >= 4 is 23.5 Å². The van der Waals surface area contributed by atoms with E-state index in [9.17, 15) is 29.8 Å². The molecule has 1 aromatic heterocycles. The van der Waals surface area contributed by atoms with Crippen molar-refractivity contribution < 1.29 is 9.85 Å². The highest BCUT2D eigenvalue weighted by molar-refractivity contribution is 5.71. The van der Waals surface area contributed by atoms with Gasteiger partial charge in [0.15, 0.2) is 0 Å². The fraction of sp³-hybridized carbons (Fsp3) is 0.294. The van der Waals surface area contributed by atoms with Crippen molar-refractivity contribution in [2.45, 2.75) is 19.3 Å². The first kappa shape index (κ1) is 20.7. The summed E-state index contributed by atoms with van der Waals surface area (Å²) in [5, 5.41) is 24.6. The molecule has 1 aliphatic rings. The molecule has 1 aromatic carbocycles. The molecule has 0 atom stereocenters. The van der Waals surface area contributed by atoms with Gasteiger partial charge in [0.2, 0.25) is 0 Å². The molecule has 2 heterocycles. The summed E-state index contributed by atoms with van der Waals surface area (Å²) in [7, 11) is 0. The summed E-state index contributed by atoms with van der Waals surface area (Å²) in [5.74, 6) is 0. The Balaban J connectivity index is 0.000000397. The quantitative estimate of drug-likeness (QED) is 0.530. The van der Waals surface area contributed by atoms with Gasteiger partial charge in [0.1, 0.15) is 5.69 Å². The van der Waals surface area contributed by atoms with Gasteiger partial charge in [-0.3, -0.25) is 30.0 Å². The first-order chi connectivity index (χ1) is 13.4. The maximum Gasteiger partial charge on any atom is 0.357 e. The van der Waals surface area contributed by atoms with Gasteiger partial charge in [-0.1, -0.05) is 12.5 Å². The number of aromatic nitrogens is 2. The van der Waals surface area contributed by atoms with E-state index < -0.39 is 26.8 Å². The Labute approximate surface area is 158 Å². The van der Waals surface area contributed by atoms with Crippen LogP contribution in [0.25, 0.3) is 12.2 Å². The summed E-state index contributed by atoms with van der Waals surface area (Å²) >= 11 is 0. The number of H-pyrrole nitrogens is 2. The Morgan fingerprint density at radius 2 is 1.50 bits per heavy atom. The summed E-state index contributed by atoms with van der Waals surface area (Å²) in [6, 6.07) is 5.36. The third kappa shape index (κ3) is 5.99. The van der Waals surface area contributed by atoms with Gasteiger partial charge in [-0.25, -0.2) is 4.79 Å². The lowest BCUT2D eigenvalue weighted by molar-refractivity contribution is -0.386. The summed E-state index contributed by atoms with van der Waals surface area (Å²) in [5.41, 5.74) is -2.65. The van der Waals surface area contributed by atoms with Crippen LogP contribution in [0.3, 0.4) is 0 Å². The molecule has 28 heavy (non-hydrogen) atoms. The standard InChI is InChI=1S/C12H8N4O6.C5H11N/c17-11-10(16(21)22)9(13-12(18)14-11)6-3-7-1-4-8(5-2-7)15(19)20;1-2-4-6-5-3-1/h1-6H,(H2,13,14,17,18);6H,1-5H2/b6-3+;.